The standard InChI is InChI=1S/C24H23F2N3O5S/c1-13-20(35(32,33)21(12-27-13)14-5-3-2-4-6-14)8-15-7-19(26)17(9-18(15)25)24(10-16(30)11-24)22-28-29-23(31)34-22/h2-7,9,13,20-21,27H,8,10-12H2,1H3,(H,29,31)/t13-,20?,21-/m0/s1. The van der Waals surface area contributed by atoms with Crippen LogP contribution in [0.3, 0.4) is 0 Å². The lowest BCUT2D eigenvalue weighted by atomic mass is 9.63. The van der Waals surface area contributed by atoms with Crippen molar-refractivity contribution >= 4 is 15.6 Å². The van der Waals surface area contributed by atoms with Gasteiger partial charge in [0.1, 0.15) is 17.4 Å². The Morgan fingerprint density at radius 1 is 1.11 bits per heavy atom. The second-order valence-corrected chi connectivity index (χ2v) is 11.6. The van der Waals surface area contributed by atoms with E-state index in [1.54, 1.807) is 37.3 Å². The number of hydrogen-bond acceptors (Lipinski definition) is 7. The zero-order valence-electron chi connectivity index (χ0n) is 18.8. The van der Waals surface area contributed by atoms with Crippen LogP contribution in [0.5, 0.6) is 0 Å². The van der Waals surface area contributed by atoms with Crippen molar-refractivity contribution in [1.82, 2.24) is 15.5 Å². The molecule has 1 saturated carbocycles. The van der Waals surface area contributed by atoms with Crippen molar-refractivity contribution in [2.45, 2.75) is 48.1 Å². The molecule has 2 N–H and O–H groups in total. The number of hydrogen-bond donors (Lipinski definition) is 2. The molecule has 11 heteroatoms. The molecule has 0 bridgehead atoms. The largest absolute Gasteiger partial charge is 0.434 e. The van der Waals surface area contributed by atoms with E-state index in [0.717, 1.165) is 12.1 Å². The van der Waals surface area contributed by atoms with Crippen LogP contribution < -0.4 is 11.1 Å². The van der Waals surface area contributed by atoms with Crippen LogP contribution in [0.4, 0.5) is 8.78 Å². The van der Waals surface area contributed by atoms with Crippen molar-refractivity contribution in [2.24, 2.45) is 0 Å². The van der Waals surface area contributed by atoms with E-state index in [-0.39, 0.29) is 48.6 Å². The molecule has 35 heavy (non-hydrogen) atoms. The van der Waals surface area contributed by atoms with Crippen molar-refractivity contribution in [2.75, 3.05) is 6.54 Å². The lowest BCUT2D eigenvalue weighted by Crippen LogP contribution is -2.53. The summed E-state index contributed by atoms with van der Waals surface area (Å²) in [6, 6.07) is 10.2. The summed E-state index contributed by atoms with van der Waals surface area (Å²) >= 11 is 0. The minimum absolute atomic E-state index is 0.0912. The Labute approximate surface area is 199 Å². The van der Waals surface area contributed by atoms with Gasteiger partial charge < -0.3 is 9.73 Å². The smallest absolute Gasteiger partial charge is 0.391 e. The van der Waals surface area contributed by atoms with Gasteiger partial charge >= 0.3 is 5.76 Å². The number of aromatic amines is 1. The van der Waals surface area contributed by atoms with E-state index in [0.29, 0.717) is 5.56 Å². The Morgan fingerprint density at radius 3 is 2.46 bits per heavy atom. The van der Waals surface area contributed by atoms with Gasteiger partial charge in [-0.05, 0) is 36.6 Å². The van der Waals surface area contributed by atoms with Gasteiger partial charge in [-0.25, -0.2) is 27.1 Å². The molecule has 2 aliphatic rings. The average molecular weight is 504 g/mol. The fourth-order valence-electron chi connectivity index (χ4n) is 5.14. The number of carbonyl (C=O) groups is 1. The quantitative estimate of drug-likeness (QED) is 0.548. The van der Waals surface area contributed by atoms with Gasteiger partial charge in [-0.2, -0.15) is 0 Å². The minimum Gasteiger partial charge on any atom is -0.391 e. The number of H-pyrrole nitrogens is 1. The van der Waals surface area contributed by atoms with Crippen molar-refractivity contribution < 1.29 is 26.4 Å². The SMILES string of the molecule is C[C@@H]1NC[C@@H](c2ccccc2)S(=O)(=O)C1Cc1cc(F)c(C2(c3n[nH]c(=O)o3)CC(=O)C2)cc1F. The lowest BCUT2D eigenvalue weighted by molar-refractivity contribution is -0.127. The zero-order valence-corrected chi connectivity index (χ0v) is 19.6. The first kappa shape index (κ1) is 23.6. The third kappa shape index (κ3) is 3.92. The maximum atomic E-state index is 15.4. The van der Waals surface area contributed by atoms with Crippen LogP contribution in [0.15, 0.2) is 51.7 Å². The van der Waals surface area contributed by atoms with Crippen LogP contribution in [-0.2, 0) is 26.5 Å². The fourth-order valence-corrected chi connectivity index (χ4v) is 7.51. The normalized spacial score (nSPS) is 25.2. The van der Waals surface area contributed by atoms with Crippen LogP contribution >= 0.6 is 0 Å². The number of Topliss-reactive ketones (excluding diaryl/α,β-unsaturated/α-hetero) is 1. The number of sulfone groups is 1. The van der Waals surface area contributed by atoms with Gasteiger partial charge in [0.05, 0.1) is 15.9 Å². The highest BCUT2D eigenvalue weighted by Crippen LogP contribution is 2.47. The van der Waals surface area contributed by atoms with Crippen LogP contribution in [0, 0.1) is 11.6 Å². The fraction of sp³-hybridized carbons (Fsp3) is 0.375. The van der Waals surface area contributed by atoms with Gasteiger partial charge in [-0.15, -0.1) is 5.10 Å². The van der Waals surface area contributed by atoms with E-state index in [1.165, 1.54) is 0 Å². The van der Waals surface area contributed by atoms with E-state index in [1.807, 2.05) is 0 Å². The molecule has 184 valence electrons. The number of halogens is 2. The van der Waals surface area contributed by atoms with Crippen LogP contribution in [0.1, 0.15) is 47.6 Å². The first-order valence-corrected chi connectivity index (χ1v) is 12.8. The van der Waals surface area contributed by atoms with E-state index in [4.69, 9.17) is 4.42 Å². The number of carbonyl (C=O) groups excluding carboxylic acids is 1. The molecule has 0 amide bonds. The van der Waals surface area contributed by atoms with Crippen LogP contribution in [0.25, 0.3) is 0 Å². The van der Waals surface area contributed by atoms with Gasteiger partial charge in [-0.3, -0.25) is 4.79 Å². The van der Waals surface area contributed by atoms with Crippen LogP contribution in [0.2, 0.25) is 0 Å². The molecule has 2 heterocycles. The van der Waals surface area contributed by atoms with Gasteiger partial charge in [-0.1, -0.05) is 30.3 Å². The number of aromatic nitrogens is 2. The molecule has 3 aromatic rings. The monoisotopic (exact) mass is 503 g/mol. The summed E-state index contributed by atoms with van der Waals surface area (Å²) in [5, 5.41) is 7.23. The second-order valence-electron chi connectivity index (χ2n) is 9.24. The Hall–Kier alpha value is -3.18. The first-order valence-electron chi connectivity index (χ1n) is 11.2. The molecular weight excluding hydrogens is 480 g/mol. The van der Waals surface area contributed by atoms with Crippen molar-refractivity contribution in [3.05, 3.63) is 87.2 Å². The van der Waals surface area contributed by atoms with E-state index >= 15 is 8.78 Å². The predicted molar refractivity (Wildman–Crippen MR) is 122 cm³/mol. The topological polar surface area (TPSA) is 122 Å². The van der Waals surface area contributed by atoms with Gasteiger partial charge in [0, 0.05) is 31.0 Å². The maximum absolute atomic E-state index is 15.4. The average Bonchev–Trinajstić information content (AvgIpc) is 3.23. The second kappa shape index (κ2) is 8.49. The number of benzene rings is 2. The number of nitrogens with zero attached hydrogens (tertiary/aromatic N) is 1. The van der Waals surface area contributed by atoms with Crippen molar-refractivity contribution in [1.29, 1.82) is 0 Å². The third-order valence-electron chi connectivity index (χ3n) is 7.09. The summed E-state index contributed by atoms with van der Waals surface area (Å²) in [5.41, 5.74) is -1.000. The van der Waals surface area contributed by atoms with E-state index < -0.39 is 49.2 Å². The molecule has 1 aromatic heterocycles. The molecule has 2 aromatic carbocycles. The Bertz CT molecular complexity index is 1440. The first-order chi connectivity index (χ1) is 16.6. The molecule has 5 rings (SSSR count). The summed E-state index contributed by atoms with van der Waals surface area (Å²) in [6.07, 6.45) is -0.604. The molecule has 0 spiro atoms. The molecule has 1 aliphatic carbocycles. The summed E-state index contributed by atoms with van der Waals surface area (Å²) < 4.78 is 62.6. The predicted octanol–water partition coefficient (Wildman–Crippen LogP) is 2.35. The van der Waals surface area contributed by atoms with E-state index in [2.05, 4.69) is 15.5 Å². The van der Waals surface area contributed by atoms with Crippen molar-refractivity contribution in [3.63, 3.8) is 0 Å². The highest BCUT2D eigenvalue weighted by Gasteiger charge is 2.52. The highest BCUT2D eigenvalue weighted by molar-refractivity contribution is 7.92. The molecule has 0 radical (unpaired) electrons. The Balaban J connectivity index is 1.49. The molecular formula is C24H23F2N3O5S. The zero-order chi connectivity index (χ0) is 25.0. The van der Waals surface area contributed by atoms with Gasteiger partial charge in [0.2, 0.25) is 5.89 Å². The Morgan fingerprint density at radius 2 is 1.83 bits per heavy atom. The summed E-state index contributed by atoms with van der Waals surface area (Å²) in [4.78, 5) is 23.2. The molecule has 1 aliphatic heterocycles. The lowest BCUT2D eigenvalue weighted by Gasteiger charge is -2.38. The molecule has 3 atom stereocenters. The minimum atomic E-state index is -3.73. The molecule has 1 unspecified atom stereocenters. The molecule has 2 fully saturated rings. The van der Waals surface area contributed by atoms with E-state index in [9.17, 15) is 18.0 Å². The molecule has 1 saturated heterocycles. The van der Waals surface area contributed by atoms with Crippen LogP contribution in [-0.4, -0.2) is 42.2 Å². The summed E-state index contributed by atoms with van der Waals surface area (Å²) in [5.74, 6) is -2.89. The summed E-state index contributed by atoms with van der Waals surface area (Å²) in [7, 11) is -3.73. The number of nitrogens with one attached hydrogen (secondary N) is 2. The number of ketones is 1. The van der Waals surface area contributed by atoms with Gasteiger partial charge in [0.25, 0.3) is 0 Å². The molecule has 8 nitrogen and oxygen atoms in total. The van der Waals surface area contributed by atoms with Gasteiger partial charge in [0.15, 0.2) is 9.84 Å². The maximum Gasteiger partial charge on any atom is 0.434 e. The third-order valence-corrected chi connectivity index (χ3v) is 9.74. The Kier molecular flexibility index (Phi) is 5.71. The van der Waals surface area contributed by atoms with Crippen molar-refractivity contribution in [3.8, 4) is 0 Å². The highest BCUT2D eigenvalue weighted by atomic mass is 32.2. The number of rotatable bonds is 5. The summed E-state index contributed by atoms with van der Waals surface area (Å²) in [6.45, 7) is 1.94.